The van der Waals surface area contributed by atoms with Crippen LogP contribution in [0.15, 0.2) is 18.2 Å². The summed E-state index contributed by atoms with van der Waals surface area (Å²) in [5, 5.41) is 3.31. The lowest BCUT2D eigenvalue weighted by atomic mass is 10.0. The molecule has 0 unspecified atom stereocenters. The summed E-state index contributed by atoms with van der Waals surface area (Å²) in [5.74, 6) is 0.533. The van der Waals surface area contributed by atoms with E-state index in [1.54, 1.807) is 6.07 Å². The largest absolute Gasteiger partial charge is 0.389 e. The molecule has 1 aromatic rings. The minimum atomic E-state index is -0.306. The molecule has 2 nitrogen and oxygen atoms in total. The molecule has 1 fully saturated rings. The third-order valence-electron chi connectivity index (χ3n) is 3.59. The number of nitrogens with one attached hydrogen (secondary N) is 1. The molecule has 0 amide bonds. The maximum absolute atomic E-state index is 13.1. The van der Waals surface area contributed by atoms with E-state index in [1.165, 1.54) is 37.8 Å². The number of anilines is 1. The number of hydrogen-bond donors (Lipinski definition) is 2. The average molecular weight is 266 g/mol. The molecule has 0 radical (unpaired) electrons. The fraction of sp³-hybridized carbons (Fsp3) is 0.500. The van der Waals surface area contributed by atoms with E-state index in [4.69, 9.17) is 18.0 Å². The Morgan fingerprint density at radius 2 is 2.11 bits per heavy atom. The van der Waals surface area contributed by atoms with Gasteiger partial charge in [-0.25, -0.2) is 4.39 Å². The highest BCUT2D eigenvalue weighted by Gasteiger charge is 2.14. The fourth-order valence-corrected chi connectivity index (χ4v) is 2.75. The van der Waals surface area contributed by atoms with Gasteiger partial charge in [-0.05, 0) is 30.5 Å². The lowest BCUT2D eigenvalue weighted by molar-refractivity contribution is 0.518. The zero-order valence-electron chi connectivity index (χ0n) is 10.4. The molecular weight excluding hydrogens is 247 g/mol. The van der Waals surface area contributed by atoms with E-state index in [0.717, 1.165) is 24.6 Å². The molecule has 0 heterocycles. The van der Waals surface area contributed by atoms with Crippen molar-refractivity contribution in [1.29, 1.82) is 0 Å². The SMILES string of the molecule is NC(=S)c1cc(F)ccc1NCCC1CCCC1. The Balaban J connectivity index is 1.93. The highest BCUT2D eigenvalue weighted by Crippen LogP contribution is 2.27. The van der Waals surface area contributed by atoms with Gasteiger partial charge in [0.1, 0.15) is 10.8 Å². The zero-order valence-corrected chi connectivity index (χ0v) is 11.2. The van der Waals surface area contributed by atoms with Crippen molar-refractivity contribution >= 4 is 22.9 Å². The molecule has 0 aliphatic heterocycles. The van der Waals surface area contributed by atoms with Gasteiger partial charge in [-0.2, -0.15) is 0 Å². The molecule has 3 N–H and O–H groups in total. The van der Waals surface area contributed by atoms with Crippen molar-refractivity contribution in [1.82, 2.24) is 0 Å². The third-order valence-corrected chi connectivity index (χ3v) is 3.81. The van der Waals surface area contributed by atoms with E-state index in [1.807, 2.05) is 0 Å². The highest BCUT2D eigenvalue weighted by atomic mass is 32.1. The maximum Gasteiger partial charge on any atom is 0.124 e. The molecule has 18 heavy (non-hydrogen) atoms. The second-order valence-electron chi connectivity index (χ2n) is 4.92. The number of thiocarbonyl (C=S) groups is 1. The average Bonchev–Trinajstić information content (AvgIpc) is 2.84. The quantitative estimate of drug-likeness (QED) is 0.802. The topological polar surface area (TPSA) is 38.0 Å². The van der Waals surface area contributed by atoms with Gasteiger partial charge in [-0.15, -0.1) is 0 Å². The third kappa shape index (κ3) is 3.42. The first kappa shape index (κ1) is 13.3. The number of halogens is 1. The van der Waals surface area contributed by atoms with Gasteiger partial charge in [0.2, 0.25) is 0 Å². The van der Waals surface area contributed by atoms with Gasteiger partial charge in [0.15, 0.2) is 0 Å². The summed E-state index contributed by atoms with van der Waals surface area (Å²) < 4.78 is 13.1. The van der Waals surface area contributed by atoms with Crippen molar-refractivity contribution in [3.63, 3.8) is 0 Å². The van der Waals surface area contributed by atoms with Crippen LogP contribution in [0.1, 0.15) is 37.7 Å². The summed E-state index contributed by atoms with van der Waals surface area (Å²) in [4.78, 5) is 0.234. The van der Waals surface area contributed by atoms with Crippen molar-refractivity contribution in [2.45, 2.75) is 32.1 Å². The highest BCUT2D eigenvalue weighted by molar-refractivity contribution is 7.80. The lowest BCUT2D eigenvalue weighted by Gasteiger charge is -2.13. The van der Waals surface area contributed by atoms with Crippen molar-refractivity contribution in [3.8, 4) is 0 Å². The Labute approximate surface area is 113 Å². The van der Waals surface area contributed by atoms with Crippen LogP contribution in [0.4, 0.5) is 10.1 Å². The first-order valence-corrected chi connectivity index (χ1v) is 6.91. The molecule has 2 rings (SSSR count). The summed E-state index contributed by atoms with van der Waals surface area (Å²) in [6, 6.07) is 4.53. The van der Waals surface area contributed by atoms with E-state index in [2.05, 4.69) is 5.32 Å². The van der Waals surface area contributed by atoms with Gasteiger partial charge < -0.3 is 11.1 Å². The number of rotatable bonds is 5. The Kier molecular flexibility index (Phi) is 4.53. The predicted molar refractivity (Wildman–Crippen MR) is 77.4 cm³/mol. The van der Waals surface area contributed by atoms with Crippen molar-refractivity contribution in [2.24, 2.45) is 11.7 Å². The molecule has 1 aliphatic carbocycles. The van der Waals surface area contributed by atoms with Gasteiger partial charge in [-0.3, -0.25) is 0 Å². The van der Waals surface area contributed by atoms with Crippen LogP contribution in [0.2, 0.25) is 0 Å². The van der Waals surface area contributed by atoms with Crippen LogP contribution < -0.4 is 11.1 Å². The van der Waals surface area contributed by atoms with Crippen LogP contribution in [0.3, 0.4) is 0 Å². The van der Waals surface area contributed by atoms with Crippen LogP contribution in [0.25, 0.3) is 0 Å². The van der Waals surface area contributed by atoms with Crippen molar-refractivity contribution in [2.75, 3.05) is 11.9 Å². The van der Waals surface area contributed by atoms with E-state index >= 15 is 0 Å². The Morgan fingerprint density at radius 3 is 2.78 bits per heavy atom. The van der Waals surface area contributed by atoms with Gasteiger partial charge in [0.25, 0.3) is 0 Å². The van der Waals surface area contributed by atoms with Crippen molar-refractivity contribution < 1.29 is 4.39 Å². The standard InChI is InChI=1S/C14H19FN2S/c15-11-5-6-13(12(9-11)14(16)18)17-8-7-10-3-1-2-4-10/h5-6,9-10,17H,1-4,7-8H2,(H2,16,18). The zero-order chi connectivity index (χ0) is 13.0. The Bertz CT molecular complexity index is 428. The molecular formula is C14H19FN2S. The summed E-state index contributed by atoms with van der Waals surface area (Å²) in [6.45, 7) is 0.895. The van der Waals surface area contributed by atoms with Crippen LogP contribution >= 0.6 is 12.2 Å². The molecule has 0 spiro atoms. The molecule has 1 saturated carbocycles. The maximum atomic E-state index is 13.1. The Hall–Kier alpha value is -1.16. The number of nitrogens with two attached hydrogens (primary N) is 1. The van der Waals surface area contributed by atoms with Gasteiger partial charge in [0, 0.05) is 17.8 Å². The molecule has 0 atom stereocenters. The summed E-state index contributed by atoms with van der Waals surface area (Å²) in [5.41, 5.74) is 7.03. The van der Waals surface area contributed by atoms with Crippen LogP contribution in [0.5, 0.6) is 0 Å². The molecule has 1 aromatic carbocycles. The second kappa shape index (κ2) is 6.14. The lowest BCUT2D eigenvalue weighted by Crippen LogP contribution is -2.15. The molecule has 0 aromatic heterocycles. The monoisotopic (exact) mass is 266 g/mol. The van der Waals surface area contributed by atoms with E-state index in [0.29, 0.717) is 5.56 Å². The molecule has 98 valence electrons. The predicted octanol–water partition coefficient (Wildman–Crippen LogP) is 3.45. The molecule has 1 aliphatic rings. The normalized spacial score (nSPS) is 15.8. The van der Waals surface area contributed by atoms with Gasteiger partial charge in [0.05, 0.1) is 0 Å². The van der Waals surface area contributed by atoms with E-state index < -0.39 is 0 Å². The number of hydrogen-bond acceptors (Lipinski definition) is 2. The summed E-state index contributed by atoms with van der Waals surface area (Å²) in [6.07, 6.45) is 6.56. The first-order valence-electron chi connectivity index (χ1n) is 6.50. The minimum Gasteiger partial charge on any atom is -0.389 e. The summed E-state index contributed by atoms with van der Waals surface area (Å²) in [7, 11) is 0. The van der Waals surface area contributed by atoms with Crippen LogP contribution in [-0.2, 0) is 0 Å². The van der Waals surface area contributed by atoms with E-state index in [-0.39, 0.29) is 10.8 Å². The fourth-order valence-electron chi connectivity index (χ4n) is 2.58. The van der Waals surface area contributed by atoms with E-state index in [9.17, 15) is 4.39 Å². The molecule has 0 bridgehead atoms. The smallest absolute Gasteiger partial charge is 0.124 e. The minimum absolute atomic E-state index is 0.234. The molecule has 4 heteroatoms. The number of benzene rings is 1. The Morgan fingerprint density at radius 1 is 1.39 bits per heavy atom. The first-order chi connectivity index (χ1) is 8.66. The van der Waals surface area contributed by atoms with Gasteiger partial charge in [-0.1, -0.05) is 37.9 Å². The van der Waals surface area contributed by atoms with Crippen LogP contribution in [-0.4, -0.2) is 11.5 Å². The molecule has 0 saturated heterocycles. The van der Waals surface area contributed by atoms with Gasteiger partial charge >= 0.3 is 0 Å². The second-order valence-corrected chi connectivity index (χ2v) is 5.36. The summed E-state index contributed by atoms with van der Waals surface area (Å²) >= 11 is 4.94. The van der Waals surface area contributed by atoms with Crippen LogP contribution in [0, 0.1) is 11.7 Å². The van der Waals surface area contributed by atoms with Crippen molar-refractivity contribution in [3.05, 3.63) is 29.6 Å².